The molecule has 6 N–H and O–H groups in total. The number of carbonyl (C=O) groups is 3. The number of ketones is 2. The molecule has 34 heavy (non-hydrogen) atoms. The van der Waals surface area contributed by atoms with E-state index in [1.807, 2.05) is 0 Å². The molecular formula is C25H20ClNO7. The third-order valence-electron chi connectivity index (χ3n) is 7.11. The lowest BCUT2D eigenvalue weighted by atomic mass is 9.59. The van der Waals surface area contributed by atoms with Crippen molar-refractivity contribution >= 4 is 34.8 Å². The minimum absolute atomic E-state index is 0.0320. The maximum Gasteiger partial charge on any atom is 0.255 e. The van der Waals surface area contributed by atoms with Crippen molar-refractivity contribution in [3.63, 3.8) is 0 Å². The zero-order valence-corrected chi connectivity index (χ0v) is 18.5. The van der Waals surface area contributed by atoms with Gasteiger partial charge in [-0.15, -0.1) is 0 Å². The number of nitrogens with two attached hydrogens (primary N) is 1. The van der Waals surface area contributed by atoms with Crippen LogP contribution in [-0.4, -0.2) is 43.5 Å². The largest absolute Gasteiger partial charge is 0.508 e. The summed E-state index contributed by atoms with van der Waals surface area (Å²) in [6.45, 7) is 0. The van der Waals surface area contributed by atoms with Crippen LogP contribution in [-0.2, 0) is 20.8 Å². The standard InChI is InChI=1S/C25H20ClNO7/c26-15-4-2-1-3-13(15)12-5-6-16(28)19-14(12)8-10-7-11-9-17(29)20(24(27)33)23(32)25(11,34)22(31)18(10)21(19)30/h1-6,10-11,28,30,32,34H,7-9H2,(H2,27,33). The van der Waals surface area contributed by atoms with Crippen LogP contribution in [0, 0.1) is 11.8 Å². The third kappa shape index (κ3) is 2.85. The first kappa shape index (κ1) is 22.2. The van der Waals surface area contributed by atoms with Gasteiger partial charge in [0.05, 0.1) is 5.56 Å². The molecule has 3 unspecified atom stereocenters. The summed E-state index contributed by atoms with van der Waals surface area (Å²) < 4.78 is 0. The maximum atomic E-state index is 13.5. The van der Waals surface area contributed by atoms with Gasteiger partial charge in [0, 0.05) is 28.5 Å². The van der Waals surface area contributed by atoms with Gasteiger partial charge >= 0.3 is 0 Å². The van der Waals surface area contributed by atoms with Crippen molar-refractivity contribution in [3.05, 3.63) is 69.5 Å². The summed E-state index contributed by atoms with van der Waals surface area (Å²) in [4.78, 5) is 37.7. The van der Waals surface area contributed by atoms with Crippen molar-refractivity contribution in [2.24, 2.45) is 17.6 Å². The van der Waals surface area contributed by atoms with Crippen molar-refractivity contribution in [3.8, 4) is 16.9 Å². The number of amides is 1. The van der Waals surface area contributed by atoms with E-state index in [1.165, 1.54) is 6.07 Å². The summed E-state index contributed by atoms with van der Waals surface area (Å²) >= 11 is 6.39. The van der Waals surface area contributed by atoms with Crippen LogP contribution >= 0.6 is 11.6 Å². The molecular weight excluding hydrogens is 462 g/mol. The Morgan fingerprint density at radius 2 is 1.74 bits per heavy atom. The molecule has 9 heteroatoms. The highest BCUT2D eigenvalue weighted by Crippen LogP contribution is 2.53. The average Bonchev–Trinajstić information content (AvgIpc) is 2.77. The van der Waals surface area contributed by atoms with Gasteiger partial charge in [-0.1, -0.05) is 35.9 Å². The van der Waals surface area contributed by atoms with Crippen LogP contribution < -0.4 is 5.73 Å². The highest BCUT2D eigenvalue weighted by molar-refractivity contribution is 6.33. The van der Waals surface area contributed by atoms with Gasteiger partial charge in [-0.25, -0.2) is 0 Å². The van der Waals surface area contributed by atoms with E-state index in [9.17, 15) is 34.8 Å². The number of rotatable bonds is 2. The van der Waals surface area contributed by atoms with Gasteiger partial charge in [0.2, 0.25) is 5.78 Å². The first-order chi connectivity index (χ1) is 16.1. The number of aliphatic hydroxyl groups excluding tert-OH is 2. The summed E-state index contributed by atoms with van der Waals surface area (Å²) in [5.41, 5.74) is 3.56. The molecule has 1 amide bonds. The fraction of sp³-hybridized carbons (Fsp3) is 0.240. The van der Waals surface area contributed by atoms with E-state index in [4.69, 9.17) is 17.3 Å². The fourth-order valence-corrected chi connectivity index (χ4v) is 5.79. The molecule has 3 atom stereocenters. The van der Waals surface area contributed by atoms with Crippen LogP contribution in [0.1, 0.15) is 24.0 Å². The zero-order valence-electron chi connectivity index (χ0n) is 17.7. The number of carbonyl (C=O) groups excluding carboxylic acids is 3. The number of hydrogen-bond donors (Lipinski definition) is 5. The number of phenolic OH excluding ortho intramolecular Hbond substituents is 1. The summed E-state index contributed by atoms with van der Waals surface area (Å²) in [5.74, 6) is -6.54. The number of hydrogen-bond acceptors (Lipinski definition) is 7. The monoisotopic (exact) mass is 481 g/mol. The van der Waals surface area contributed by atoms with E-state index in [2.05, 4.69) is 0 Å². The lowest BCUT2D eigenvalue weighted by Gasteiger charge is -2.46. The van der Waals surface area contributed by atoms with Gasteiger partial charge < -0.3 is 26.2 Å². The number of aliphatic hydroxyl groups is 3. The molecule has 0 aromatic heterocycles. The van der Waals surface area contributed by atoms with Gasteiger partial charge in [0.15, 0.2) is 11.4 Å². The fourth-order valence-electron chi connectivity index (χ4n) is 5.55. The van der Waals surface area contributed by atoms with E-state index in [0.717, 1.165) is 0 Å². The molecule has 2 aromatic carbocycles. The van der Waals surface area contributed by atoms with Gasteiger partial charge in [0.25, 0.3) is 5.91 Å². The Labute approximate surface area is 198 Å². The molecule has 0 saturated heterocycles. The number of fused-ring (bicyclic) bond motifs is 3. The molecule has 0 radical (unpaired) electrons. The topological polar surface area (TPSA) is 158 Å². The molecule has 5 rings (SSSR count). The minimum atomic E-state index is -2.58. The summed E-state index contributed by atoms with van der Waals surface area (Å²) in [7, 11) is 0. The van der Waals surface area contributed by atoms with E-state index in [1.54, 1.807) is 30.3 Å². The van der Waals surface area contributed by atoms with Crippen molar-refractivity contribution in [1.82, 2.24) is 0 Å². The smallest absolute Gasteiger partial charge is 0.255 e. The molecule has 0 bridgehead atoms. The van der Waals surface area contributed by atoms with E-state index < -0.39 is 52.0 Å². The molecule has 0 spiro atoms. The second-order valence-corrected chi connectivity index (χ2v) is 9.28. The predicted molar refractivity (Wildman–Crippen MR) is 122 cm³/mol. The minimum Gasteiger partial charge on any atom is -0.508 e. The van der Waals surface area contributed by atoms with Crippen LogP contribution in [0.4, 0.5) is 0 Å². The summed E-state index contributed by atoms with van der Waals surface area (Å²) in [6.07, 6.45) is -0.0801. The molecule has 2 aromatic rings. The first-order valence-electron chi connectivity index (χ1n) is 10.6. The maximum absolute atomic E-state index is 13.5. The summed E-state index contributed by atoms with van der Waals surface area (Å²) in [5, 5.41) is 44.1. The van der Waals surface area contributed by atoms with Gasteiger partial charge in [-0.05, 0) is 42.0 Å². The Bertz CT molecular complexity index is 1380. The van der Waals surface area contributed by atoms with E-state index in [0.29, 0.717) is 21.7 Å². The van der Waals surface area contributed by atoms with Crippen LogP contribution in [0.15, 0.2) is 53.3 Å². The Balaban J connectivity index is 1.73. The number of aromatic hydroxyl groups is 1. The molecule has 0 aliphatic heterocycles. The number of phenols is 1. The molecule has 3 aliphatic carbocycles. The molecule has 1 saturated carbocycles. The molecule has 0 heterocycles. The zero-order chi connectivity index (χ0) is 24.5. The molecule has 3 aliphatic rings. The predicted octanol–water partition coefficient (Wildman–Crippen LogP) is 2.74. The third-order valence-corrected chi connectivity index (χ3v) is 7.44. The average molecular weight is 482 g/mol. The number of Topliss-reactive ketones (excluding diaryl/α,β-unsaturated/α-hetero) is 2. The summed E-state index contributed by atoms with van der Waals surface area (Å²) in [6, 6.07) is 10.1. The van der Waals surface area contributed by atoms with Crippen LogP contribution in [0.5, 0.6) is 5.75 Å². The lowest BCUT2D eigenvalue weighted by molar-refractivity contribution is -0.147. The van der Waals surface area contributed by atoms with Gasteiger partial charge in [-0.3, -0.25) is 14.4 Å². The SMILES string of the molecule is NC(=O)C1=C(O)C2(O)C(=O)C3=C(O)c4c(O)ccc(-c5ccccc5Cl)c4CC3CC2CC1=O. The van der Waals surface area contributed by atoms with Crippen molar-refractivity contribution in [1.29, 1.82) is 0 Å². The van der Waals surface area contributed by atoms with E-state index >= 15 is 0 Å². The second-order valence-electron chi connectivity index (χ2n) is 8.87. The van der Waals surface area contributed by atoms with Gasteiger partial charge in [-0.2, -0.15) is 0 Å². The van der Waals surface area contributed by atoms with Crippen molar-refractivity contribution in [2.75, 3.05) is 0 Å². The van der Waals surface area contributed by atoms with Crippen LogP contribution in [0.3, 0.4) is 0 Å². The quantitative estimate of drug-likeness (QED) is 0.412. The second kappa shape index (κ2) is 7.44. The highest BCUT2D eigenvalue weighted by atomic mass is 35.5. The highest BCUT2D eigenvalue weighted by Gasteiger charge is 2.60. The number of primary amides is 1. The van der Waals surface area contributed by atoms with Gasteiger partial charge in [0.1, 0.15) is 22.8 Å². The Kier molecular flexibility index (Phi) is 4.86. The lowest BCUT2D eigenvalue weighted by Crippen LogP contribution is -2.58. The molecule has 1 fully saturated rings. The molecule has 174 valence electrons. The Hall–Kier alpha value is -3.62. The first-order valence-corrected chi connectivity index (χ1v) is 11.0. The number of halogens is 1. The molecule has 8 nitrogen and oxygen atoms in total. The Morgan fingerprint density at radius 3 is 2.41 bits per heavy atom. The van der Waals surface area contributed by atoms with Crippen LogP contribution in [0.25, 0.3) is 16.9 Å². The Morgan fingerprint density at radius 1 is 1.03 bits per heavy atom. The van der Waals surface area contributed by atoms with E-state index in [-0.39, 0.29) is 36.1 Å². The normalized spacial score (nSPS) is 26.2. The van der Waals surface area contributed by atoms with Crippen molar-refractivity contribution < 1.29 is 34.8 Å². The van der Waals surface area contributed by atoms with Crippen LogP contribution in [0.2, 0.25) is 5.02 Å². The number of benzene rings is 2. The van der Waals surface area contributed by atoms with Crippen molar-refractivity contribution in [2.45, 2.75) is 24.9 Å².